The van der Waals surface area contributed by atoms with Crippen LogP contribution < -0.4 is 20.1 Å². The zero-order valence-electron chi connectivity index (χ0n) is 17.6. The second kappa shape index (κ2) is 10.1. The van der Waals surface area contributed by atoms with Crippen LogP contribution in [0.3, 0.4) is 0 Å². The molecule has 32 heavy (non-hydrogen) atoms. The summed E-state index contributed by atoms with van der Waals surface area (Å²) in [5, 5.41) is 15.3. The number of fused-ring (bicyclic) bond motifs is 1. The second-order valence-electron chi connectivity index (χ2n) is 7.89. The van der Waals surface area contributed by atoms with Gasteiger partial charge >= 0.3 is 6.09 Å². The van der Waals surface area contributed by atoms with Gasteiger partial charge in [-0.25, -0.2) is 4.79 Å². The van der Waals surface area contributed by atoms with E-state index < -0.39 is 18.1 Å². The first-order valence-electron chi connectivity index (χ1n) is 10.7. The summed E-state index contributed by atoms with van der Waals surface area (Å²) in [6.45, 7) is 0.301. The molecule has 1 fully saturated rings. The number of hydrogen-bond donors (Lipinski definition) is 2. The molecule has 2 amide bonds. The predicted octanol–water partition coefficient (Wildman–Crippen LogP) is 3.58. The summed E-state index contributed by atoms with van der Waals surface area (Å²) in [6, 6.07) is 15.5. The Labute approximate surface area is 186 Å². The Balaban J connectivity index is 1.36. The van der Waals surface area contributed by atoms with Gasteiger partial charge in [0.15, 0.2) is 11.5 Å². The van der Waals surface area contributed by atoms with E-state index in [2.05, 4.69) is 16.7 Å². The van der Waals surface area contributed by atoms with E-state index in [9.17, 15) is 14.9 Å². The quantitative estimate of drug-likeness (QED) is 0.718. The molecule has 2 aromatic carbocycles. The van der Waals surface area contributed by atoms with E-state index in [4.69, 9.17) is 14.2 Å². The maximum atomic E-state index is 13.0. The van der Waals surface area contributed by atoms with Gasteiger partial charge in [0.05, 0.1) is 12.0 Å². The molecule has 8 nitrogen and oxygen atoms in total. The third kappa shape index (κ3) is 5.11. The van der Waals surface area contributed by atoms with Crippen LogP contribution >= 0.6 is 0 Å². The van der Waals surface area contributed by atoms with Crippen molar-refractivity contribution < 1.29 is 23.8 Å². The van der Waals surface area contributed by atoms with Gasteiger partial charge in [0.2, 0.25) is 12.7 Å². The summed E-state index contributed by atoms with van der Waals surface area (Å²) in [7, 11) is 0. The molecule has 0 aromatic heterocycles. The molecule has 1 heterocycles. The fourth-order valence-electron chi connectivity index (χ4n) is 4.07. The molecule has 0 spiro atoms. The van der Waals surface area contributed by atoms with Gasteiger partial charge in [-0.05, 0) is 36.1 Å². The summed E-state index contributed by atoms with van der Waals surface area (Å²) in [5.74, 6) is 0.470. The minimum Gasteiger partial charge on any atom is -0.454 e. The highest BCUT2D eigenvalue weighted by molar-refractivity contribution is 5.81. The first-order chi connectivity index (χ1) is 15.6. The maximum Gasteiger partial charge on any atom is 0.407 e. The van der Waals surface area contributed by atoms with Crippen molar-refractivity contribution in [2.45, 2.75) is 44.4 Å². The smallest absolute Gasteiger partial charge is 0.407 e. The number of ether oxygens (including phenoxy) is 3. The molecular weight excluding hydrogens is 410 g/mol. The minimum absolute atomic E-state index is 0.137. The highest BCUT2D eigenvalue weighted by Crippen LogP contribution is 2.34. The van der Waals surface area contributed by atoms with Crippen LogP contribution in [-0.2, 0) is 16.1 Å². The molecule has 166 valence electrons. The van der Waals surface area contributed by atoms with Crippen LogP contribution in [0.25, 0.3) is 0 Å². The van der Waals surface area contributed by atoms with Gasteiger partial charge < -0.3 is 24.8 Å². The van der Waals surface area contributed by atoms with Crippen molar-refractivity contribution in [1.82, 2.24) is 10.6 Å². The Morgan fingerprint density at radius 3 is 2.69 bits per heavy atom. The lowest BCUT2D eigenvalue weighted by molar-refractivity contribution is -0.127. The number of nitriles is 1. The van der Waals surface area contributed by atoms with Crippen molar-refractivity contribution in [3.8, 4) is 17.6 Å². The summed E-state index contributed by atoms with van der Waals surface area (Å²) < 4.78 is 16.0. The van der Waals surface area contributed by atoms with Crippen LogP contribution in [0.15, 0.2) is 48.5 Å². The van der Waals surface area contributed by atoms with E-state index in [0.717, 1.165) is 18.4 Å². The van der Waals surface area contributed by atoms with Crippen LogP contribution in [0.4, 0.5) is 4.79 Å². The molecule has 0 radical (unpaired) electrons. The zero-order valence-corrected chi connectivity index (χ0v) is 17.6. The number of nitrogens with zero attached hydrogens (tertiary/aromatic N) is 1. The van der Waals surface area contributed by atoms with Crippen molar-refractivity contribution in [2.75, 3.05) is 6.79 Å². The molecule has 1 unspecified atom stereocenters. The third-order valence-electron chi connectivity index (χ3n) is 5.76. The molecule has 8 heteroatoms. The fourth-order valence-corrected chi connectivity index (χ4v) is 4.07. The first kappa shape index (κ1) is 21.5. The SMILES string of the molecule is N#CC(NC(=O)[C@H]1CCCC[C@H]1NC(=O)OCc1ccccc1)c1ccc2c(c1)OCO2. The van der Waals surface area contributed by atoms with Gasteiger partial charge in [-0.15, -0.1) is 0 Å². The normalized spacial score (nSPS) is 20.0. The number of carbonyl (C=O) groups is 2. The number of hydrogen-bond acceptors (Lipinski definition) is 6. The van der Waals surface area contributed by atoms with Gasteiger partial charge in [0.25, 0.3) is 0 Å². The Kier molecular flexibility index (Phi) is 6.75. The van der Waals surface area contributed by atoms with E-state index in [1.807, 2.05) is 30.3 Å². The molecule has 1 aliphatic heterocycles. The van der Waals surface area contributed by atoms with Crippen LogP contribution in [0.2, 0.25) is 0 Å². The zero-order chi connectivity index (χ0) is 22.3. The van der Waals surface area contributed by atoms with E-state index in [0.29, 0.717) is 29.9 Å². The lowest BCUT2D eigenvalue weighted by atomic mass is 9.83. The van der Waals surface area contributed by atoms with E-state index >= 15 is 0 Å². The van der Waals surface area contributed by atoms with Gasteiger partial charge in [-0.3, -0.25) is 4.79 Å². The van der Waals surface area contributed by atoms with Crippen molar-refractivity contribution in [2.24, 2.45) is 5.92 Å². The van der Waals surface area contributed by atoms with E-state index in [1.54, 1.807) is 18.2 Å². The van der Waals surface area contributed by atoms with Crippen LogP contribution in [-0.4, -0.2) is 24.8 Å². The molecule has 2 aromatic rings. The summed E-state index contributed by atoms with van der Waals surface area (Å²) in [4.78, 5) is 25.4. The second-order valence-corrected chi connectivity index (χ2v) is 7.89. The van der Waals surface area contributed by atoms with Gasteiger partial charge in [-0.1, -0.05) is 49.2 Å². The minimum atomic E-state index is -0.829. The van der Waals surface area contributed by atoms with Crippen LogP contribution in [0, 0.1) is 17.2 Å². The molecule has 1 saturated carbocycles. The van der Waals surface area contributed by atoms with Crippen molar-refractivity contribution in [3.63, 3.8) is 0 Å². The Morgan fingerprint density at radius 1 is 1.09 bits per heavy atom. The number of carbonyl (C=O) groups excluding carboxylic acids is 2. The fraction of sp³-hybridized carbons (Fsp3) is 0.375. The topological polar surface area (TPSA) is 110 Å². The highest BCUT2D eigenvalue weighted by Gasteiger charge is 2.33. The standard InChI is InChI=1S/C24H25N3O5/c25-13-20(17-10-11-21-22(12-17)32-15-31-21)26-23(28)18-8-4-5-9-19(18)27-24(29)30-14-16-6-2-1-3-7-16/h1-3,6-7,10-12,18-20H,4-5,8-9,14-15H2,(H,26,28)(H,27,29)/t18-,19+,20?/m0/s1. The summed E-state index contributed by atoms with van der Waals surface area (Å²) in [5.41, 5.74) is 1.51. The molecule has 0 saturated heterocycles. The van der Waals surface area contributed by atoms with Gasteiger partial charge in [-0.2, -0.15) is 5.26 Å². The summed E-state index contributed by atoms with van der Waals surface area (Å²) in [6.07, 6.45) is 2.56. The number of benzene rings is 2. The number of alkyl carbamates (subject to hydrolysis) is 1. The maximum absolute atomic E-state index is 13.0. The molecule has 2 aliphatic rings. The van der Waals surface area contributed by atoms with Crippen LogP contribution in [0.1, 0.15) is 42.9 Å². The molecular formula is C24H25N3O5. The van der Waals surface area contributed by atoms with Gasteiger partial charge in [0, 0.05) is 6.04 Å². The molecule has 3 atom stereocenters. The monoisotopic (exact) mass is 435 g/mol. The van der Waals surface area contributed by atoms with Crippen LogP contribution in [0.5, 0.6) is 11.5 Å². The molecule has 2 N–H and O–H groups in total. The third-order valence-corrected chi connectivity index (χ3v) is 5.76. The average molecular weight is 435 g/mol. The average Bonchev–Trinajstić information content (AvgIpc) is 3.30. The van der Waals surface area contributed by atoms with Crippen molar-refractivity contribution in [3.05, 3.63) is 59.7 Å². The Hall–Kier alpha value is -3.73. The largest absolute Gasteiger partial charge is 0.454 e. The lowest BCUT2D eigenvalue weighted by Crippen LogP contribution is -2.49. The van der Waals surface area contributed by atoms with E-state index in [1.165, 1.54) is 0 Å². The Morgan fingerprint density at radius 2 is 1.88 bits per heavy atom. The highest BCUT2D eigenvalue weighted by atomic mass is 16.7. The number of rotatable bonds is 6. The Bertz CT molecular complexity index is 1000. The van der Waals surface area contributed by atoms with E-state index in [-0.39, 0.29) is 25.3 Å². The van der Waals surface area contributed by atoms with Crippen molar-refractivity contribution in [1.29, 1.82) is 5.26 Å². The number of nitrogens with one attached hydrogen (secondary N) is 2. The number of amides is 2. The molecule has 1 aliphatic carbocycles. The summed E-state index contributed by atoms with van der Waals surface area (Å²) >= 11 is 0. The van der Waals surface area contributed by atoms with Crippen molar-refractivity contribution >= 4 is 12.0 Å². The molecule has 0 bridgehead atoms. The predicted molar refractivity (Wildman–Crippen MR) is 115 cm³/mol. The lowest BCUT2D eigenvalue weighted by Gasteiger charge is -2.31. The van der Waals surface area contributed by atoms with Gasteiger partial charge in [0.1, 0.15) is 12.6 Å². The molecule has 4 rings (SSSR count). The first-order valence-corrected chi connectivity index (χ1v) is 10.7.